The highest BCUT2D eigenvalue weighted by Crippen LogP contribution is 2.52. The number of phosphoric ester groups is 1. The van der Waals surface area contributed by atoms with Gasteiger partial charge in [-0.05, 0) is 118 Å². The maximum atomic E-state index is 14.0. The van der Waals surface area contributed by atoms with Gasteiger partial charge in [0.1, 0.15) is 17.2 Å². The van der Waals surface area contributed by atoms with Crippen molar-refractivity contribution in [2.45, 2.75) is 55.4 Å². The first kappa shape index (κ1) is 23.0. The van der Waals surface area contributed by atoms with Gasteiger partial charge in [0.15, 0.2) is 0 Å². The van der Waals surface area contributed by atoms with Crippen LogP contribution in [0.5, 0.6) is 17.2 Å². The summed E-state index contributed by atoms with van der Waals surface area (Å²) in [6, 6.07) is 13.1. The molecule has 0 spiro atoms. The van der Waals surface area contributed by atoms with E-state index in [-0.39, 0.29) is 0 Å². The molecular formula is C26H31O4P. The van der Waals surface area contributed by atoms with E-state index < -0.39 is 7.82 Å². The van der Waals surface area contributed by atoms with Gasteiger partial charge in [-0.25, -0.2) is 0 Å². The van der Waals surface area contributed by atoms with Crippen LogP contribution in [0.15, 0.2) is 42.5 Å². The van der Waals surface area contributed by atoms with Crippen molar-refractivity contribution >= 4 is 7.82 Å². The topological polar surface area (TPSA) is 44.8 Å². The summed E-state index contributed by atoms with van der Waals surface area (Å²) < 4.78 is 32.0. The zero-order chi connectivity index (χ0) is 22.9. The molecule has 0 saturated carbocycles. The molecule has 0 aliphatic heterocycles. The Balaban J connectivity index is 2.07. The molecule has 31 heavy (non-hydrogen) atoms. The summed E-state index contributed by atoms with van der Waals surface area (Å²) in [4.78, 5) is 0. The van der Waals surface area contributed by atoms with Crippen molar-refractivity contribution in [2.24, 2.45) is 0 Å². The highest BCUT2D eigenvalue weighted by Gasteiger charge is 2.35. The molecule has 0 unspecified atom stereocenters. The van der Waals surface area contributed by atoms with Gasteiger partial charge in [0.05, 0.1) is 0 Å². The molecule has 3 aromatic carbocycles. The van der Waals surface area contributed by atoms with Crippen LogP contribution in [-0.2, 0) is 4.57 Å². The van der Waals surface area contributed by atoms with E-state index in [1.54, 1.807) is 6.07 Å². The first-order chi connectivity index (χ1) is 14.5. The molecule has 4 nitrogen and oxygen atoms in total. The summed E-state index contributed by atoms with van der Waals surface area (Å²) in [5.41, 5.74) is 8.19. The predicted octanol–water partition coefficient (Wildman–Crippen LogP) is 7.80. The standard InChI is InChI=1S/C26H31O4P/c1-16-10-9-11-24(21(16)6)28-31(27,29-25-14-12-17(2)19(4)22(25)7)30-26-15-13-18(3)20(5)23(26)8/h9-15H,1-8H3. The summed E-state index contributed by atoms with van der Waals surface area (Å²) in [5, 5.41) is 0. The fourth-order valence-electron chi connectivity index (χ4n) is 3.30. The molecule has 0 saturated heterocycles. The van der Waals surface area contributed by atoms with E-state index in [0.717, 1.165) is 44.5 Å². The summed E-state index contributed by atoms with van der Waals surface area (Å²) in [7, 11) is -4.06. The second-order valence-electron chi connectivity index (χ2n) is 8.18. The molecule has 0 aliphatic rings. The van der Waals surface area contributed by atoms with Gasteiger partial charge in [-0.1, -0.05) is 24.3 Å². The Bertz CT molecular complexity index is 1120. The third-order valence-corrected chi connectivity index (χ3v) is 7.46. The molecule has 0 heterocycles. The van der Waals surface area contributed by atoms with E-state index in [1.807, 2.05) is 91.8 Å². The Hall–Kier alpha value is -2.71. The van der Waals surface area contributed by atoms with Gasteiger partial charge in [0.25, 0.3) is 0 Å². The fourth-order valence-corrected chi connectivity index (χ4v) is 4.73. The maximum absolute atomic E-state index is 14.0. The van der Waals surface area contributed by atoms with Crippen molar-refractivity contribution in [1.82, 2.24) is 0 Å². The Morgan fingerprint density at radius 1 is 0.484 bits per heavy atom. The molecule has 0 amide bonds. The van der Waals surface area contributed by atoms with Gasteiger partial charge < -0.3 is 13.6 Å². The van der Waals surface area contributed by atoms with Gasteiger partial charge in [0.2, 0.25) is 0 Å². The van der Waals surface area contributed by atoms with Crippen molar-refractivity contribution in [1.29, 1.82) is 0 Å². The normalized spacial score (nSPS) is 11.4. The van der Waals surface area contributed by atoms with Crippen molar-refractivity contribution in [3.63, 3.8) is 0 Å². The van der Waals surface area contributed by atoms with Gasteiger partial charge in [-0.15, -0.1) is 0 Å². The van der Waals surface area contributed by atoms with E-state index in [1.165, 1.54) is 0 Å². The van der Waals surface area contributed by atoms with E-state index in [2.05, 4.69) is 0 Å². The second-order valence-corrected chi connectivity index (χ2v) is 9.62. The molecule has 0 N–H and O–H groups in total. The third-order valence-electron chi connectivity index (χ3n) is 6.20. The largest absolute Gasteiger partial charge is 0.647 e. The highest BCUT2D eigenvalue weighted by molar-refractivity contribution is 7.49. The summed E-state index contributed by atoms with van der Waals surface area (Å²) in [5.74, 6) is 1.45. The van der Waals surface area contributed by atoms with Crippen LogP contribution in [0.3, 0.4) is 0 Å². The molecule has 0 fully saturated rings. The molecule has 0 bridgehead atoms. The van der Waals surface area contributed by atoms with Crippen LogP contribution in [0.2, 0.25) is 0 Å². The smallest absolute Gasteiger partial charge is 0.386 e. The Labute approximate surface area is 185 Å². The predicted molar refractivity (Wildman–Crippen MR) is 127 cm³/mol. The Kier molecular flexibility index (Phi) is 6.52. The van der Waals surface area contributed by atoms with Crippen molar-refractivity contribution in [3.8, 4) is 17.2 Å². The minimum atomic E-state index is -4.06. The summed E-state index contributed by atoms with van der Waals surface area (Å²) in [6.45, 7) is 15.9. The van der Waals surface area contributed by atoms with Gasteiger partial charge >= 0.3 is 7.82 Å². The van der Waals surface area contributed by atoms with E-state index in [9.17, 15) is 4.57 Å². The quantitative estimate of drug-likeness (QED) is 0.368. The van der Waals surface area contributed by atoms with Crippen LogP contribution < -0.4 is 13.6 Å². The number of rotatable bonds is 6. The van der Waals surface area contributed by atoms with E-state index in [4.69, 9.17) is 13.6 Å². The summed E-state index contributed by atoms with van der Waals surface area (Å²) in [6.07, 6.45) is 0. The lowest BCUT2D eigenvalue weighted by molar-refractivity contribution is 0.296. The number of phosphoric acid groups is 1. The van der Waals surface area contributed by atoms with Gasteiger partial charge in [-0.3, -0.25) is 0 Å². The van der Waals surface area contributed by atoms with Crippen molar-refractivity contribution in [2.75, 3.05) is 0 Å². The molecule has 5 heteroatoms. The van der Waals surface area contributed by atoms with E-state index >= 15 is 0 Å². The molecule has 0 atom stereocenters. The second kappa shape index (κ2) is 8.80. The van der Waals surface area contributed by atoms with Crippen LogP contribution in [0.4, 0.5) is 0 Å². The van der Waals surface area contributed by atoms with Crippen LogP contribution in [0, 0.1) is 55.4 Å². The van der Waals surface area contributed by atoms with Crippen LogP contribution in [0.1, 0.15) is 44.5 Å². The minimum absolute atomic E-state index is 0.478. The molecule has 0 aromatic heterocycles. The molecule has 3 rings (SSSR count). The highest BCUT2D eigenvalue weighted by atomic mass is 31.2. The van der Waals surface area contributed by atoms with Crippen LogP contribution >= 0.6 is 7.82 Å². The first-order valence-corrected chi connectivity index (χ1v) is 11.9. The van der Waals surface area contributed by atoms with E-state index in [0.29, 0.717) is 17.2 Å². The van der Waals surface area contributed by atoms with Crippen LogP contribution in [-0.4, -0.2) is 0 Å². The van der Waals surface area contributed by atoms with Crippen LogP contribution in [0.25, 0.3) is 0 Å². The number of hydrogen-bond acceptors (Lipinski definition) is 4. The zero-order valence-corrected chi connectivity index (χ0v) is 20.5. The number of benzene rings is 3. The van der Waals surface area contributed by atoms with Gasteiger partial charge in [-0.2, -0.15) is 4.57 Å². The molecule has 0 aliphatic carbocycles. The molecule has 3 aromatic rings. The maximum Gasteiger partial charge on any atom is 0.647 e. The average Bonchev–Trinajstić information content (AvgIpc) is 2.72. The molecule has 164 valence electrons. The fraction of sp³-hybridized carbons (Fsp3) is 0.308. The lowest BCUT2D eigenvalue weighted by Gasteiger charge is -2.23. The number of aryl methyl sites for hydroxylation is 3. The lowest BCUT2D eigenvalue weighted by Crippen LogP contribution is -2.10. The molecular weight excluding hydrogens is 407 g/mol. The number of hydrogen-bond donors (Lipinski definition) is 0. The molecule has 0 radical (unpaired) electrons. The first-order valence-electron chi connectivity index (χ1n) is 10.4. The lowest BCUT2D eigenvalue weighted by atomic mass is 10.0. The monoisotopic (exact) mass is 438 g/mol. The third kappa shape index (κ3) is 4.80. The minimum Gasteiger partial charge on any atom is -0.386 e. The Morgan fingerprint density at radius 3 is 1.32 bits per heavy atom. The van der Waals surface area contributed by atoms with Crippen molar-refractivity contribution in [3.05, 3.63) is 87.0 Å². The summed E-state index contributed by atoms with van der Waals surface area (Å²) >= 11 is 0. The average molecular weight is 439 g/mol. The van der Waals surface area contributed by atoms with Crippen molar-refractivity contribution < 1.29 is 18.1 Å². The Morgan fingerprint density at radius 2 is 0.871 bits per heavy atom. The van der Waals surface area contributed by atoms with Gasteiger partial charge in [0, 0.05) is 0 Å². The SMILES string of the molecule is Cc1cccc(OP(=O)(Oc2ccc(C)c(C)c2C)Oc2ccc(C)c(C)c2C)c1C. The zero-order valence-electron chi connectivity index (χ0n) is 19.6.